The van der Waals surface area contributed by atoms with E-state index in [0.717, 1.165) is 0 Å². The van der Waals surface area contributed by atoms with E-state index in [1.165, 1.54) is 14.2 Å². The van der Waals surface area contributed by atoms with Gasteiger partial charge in [0.15, 0.2) is 5.79 Å². The van der Waals surface area contributed by atoms with E-state index in [9.17, 15) is 9.59 Å². The number of hydrogen-bond donors (Lipinski definition) is 0. The van der Waals surface area contributed by atoms with E-state index < -0.39 is 22.6 Å². The molecular formula is C24H32O6. The molecule has 2 aromatic carbocycles. The van der Waals surface area contributed by atoms with Gasteiger partial charge in [-0.15, -0.1) is 0 Å². The molecule has 6 nitrogen and oxygen atoms in total. The van der Waals surface area contributed by atoms with Crippen molar-refractivity contribution in [2.75, 3.05) is 14.2 Å². The summed E-state index contributed by atoms with van der Waals surface area (Å²) in [5.41, 5.74) is -0.822. The van der Waals surface area contributed by atoms with E-state index in [2.05, 4.69) is 0 Å². The zero-order chi connectivity index (χ0) is 22.9. The molecule has 6 heteroatoms. The lowest BCUT2D eigenvalue weighted by molar-refractivity contribution is -0.202. The first-order chi connectivity index (χ1) is 13.7. The van der Waals surface area contributed by atoms with Crippen LogP contribution in [-0.2, 0) is 24.8 Å². The van der Waals surface area contributed by atoms with Crippen molar-refractivity contribution in [3.63, 3.8) is 0 Å². The van der Waals surface area contributed by atoms with E-state index in [0.29, 0.717) is 27.8 Å². The number of carbonyl (C=O) groups is 2. The minimum absolute atomic E-state index is 0.312. The molecule has 0 radical (unpaired) electrons. The maximum absolute atomic E-state index is 12.7. The van der Waals surface area contributed by atoms with Crippen LogP contribution in [0.15, 0.2) is 30.3 Å². The fraction of sp³-hybridized carbons (Fsp3) is 0.500. The highest BCUT2D eigenvalue weighted by molar-refractivity contribution is 5.97. The molecule has 0 spiro atoms. The Morgan fingerprint density at radius 1 is 0.700 bits per heavy atom. The Morgan fingerprint density at radius 3 is 1.73 bits per heavy atom. The Hall–Kier alpha value is -2.44. The first-order valence-electron chi connectivity index (χ1n) is 9.85. The lowest BCUT2D eigenvalue weighted by Crippen LogP contribution is -2.30. The van der Waals surface area contributed by atoms with Gasteiger partial charge in [-0.3, -0.25) is 9.59 Å². The second-order valence-corrected chi connectivity index (χ2v) is 9.43. The van der Waals surface area contributed by atoms with Crippen LogP contribution in [0, 0.1) is 10.8 Å². The quantitative estimate of drug-likeness (QED) is 0.379. The van der Waals surface area contributed by atoms with Crippen LogP contribution in [0.25, 0.3) is 10.8 Å². The van der Waals surface area contributed by atoms with E-state index in [4.69, 9.17) is 18.9 Å². The third kappa shape index (κ3) is 4.82. The molecule has 0 aliphatic carbocycles. The summed E-state index contributed by atoms with van der Waals surface area (Å²) >= 11 is 0. The number of hydrogen-bond acceptors (Lipinski definition) is 6. The zero-order valence-electron chi connectivity index (χ0n) is 19.3. The Bertz CT molecular complexity index is 943. The lowest BCUT2D eigenvalue weighted by Gasteiger charge is -2.30. The van der Waals surface area contributed by atoms with Crippen molar-refractivity contribution in [3.05, 3.63) is 35.9 Å². The monoisotopic (exact) mass is 416 g/mol. The molecule has 0 aromatic heterocycles. The molecule has 0 atom stereocenters. The summed E-state index contributed by atoms with van der Waals surface area (Å²) in [6.07, 6.45) is 0. The van der Waals surface area contributed by atoms with Crippen LogP contribution in [0.1, 0.15) is 54.0 Å². The third-order valence-electron chi connectivity index (χ3n) is 4.86. The largest absolute Gasteiger partial charge is 0.425 e. The van der Waals surface area contributed by atoms with Gasteiger partial charge in [-0.25, -0.2) is 0 Å². The van der Waals surface area contributed by atoms with E-state index in [1.807, 2.05) is 6.07 Å². The smallest absolute Gasteiger partial charge is 0.316 e. The molecule has 0 saturated heterocycles. The van der Waals surface area contributed by atoms with Gasteiger partial charge in [0.1, 0.15) is 11.5 Å². The molecule has 0 saturated carbocycles. The standard InChI is InChI=1S/C24H32O6/c1-22(2,3)20(25)29-18-12-10-11-16-15(18)13-14-17(24(7,27-8)28-9)19(16)30-21(26)23(4,5)6/h10-14H,1-9H3. The number of carbonyl (C=O) groups excluding carboxylic acids is 2. The normalized spacial score (nSPS) is 12.7. The number of ether oxygens (including phenoxy) is 4. The molecule has 164 valence electrons. The predicted octanol–water partition coefficient (Wildman–Crippen LogP) is 5.21. The Labute approximate surface area is 178 Å². The molecule has 30 heavy (non-hydrogen) atoms. The summed E-state index contributed by atoms with van der Waals surface area (Å²) in [5.74, 6) is -1.19. The molecule has 0 unspecified atom stereocenters. The van der Waals surface area contributed by atoms with Crippen molar-refractivity contribution < 1.29 is 28.5 Å². The summed E-state index contributed by atoms with van der Waals surface area (Å²) in [6.45, 7) is 12.5. The van der Waals surface area contributed by atoms with Crippen LogP contribution >= 0.6 is 0 Å². The van der Waals surface area contributed by atoms with Gasteiger partial charge >= 0.3 is 11.9 Å². The zero-order valence-corrected chi connectivity index (χ0v) is 19.3. The second-order valence-electron chi connectivity index (χ2n) is 9.43. The fourth-order valence-electron chi connectivity index (χ4n) is 2.66. The van der Waals surface area contributed by atoms with Crippen LogP contribution in [0.5, 0.6) is 11.5 Å². The lowest BCUT2D eigenvalue weighted by atomic mass is 9.96. The molecule has 0 N–H and O–H groups in total. The number of rotatable bonds is 5. The average Bonchev–Trinajstić information content (AvgIpc) is 2.66. The van der Waals surface area contributed by atoms with Crippen LogP contribution in [0.2, 0.25) is 0 Å². The molecule has 0 aliphatic rings. The highest BCUT2D eigenvalue weighted by Crippen LogP contribution is 2.42. The summed E-state index contributed by atoms with van der Waals surface area (Å²) in [5, 5.41) is 1.26. The third-order valence-corrected chi connectivity index (χ3v) is 4.86. The maximum atomic E-state index is 12.7. The first kappa shape index (κ1) is 23.8. The molecule has 0 fully saturated rings. The van der Waals surface area contributed by atoms with Crippen molar-refractivity contribution in [2.45, 2.75) is 54.3 Å². The SMILES string of the molecule is COC(C)(OC)c1ccc2c(OC(=O)C(C)(C)C)cccc2c1OC(=O)C(C)(C)C. The van der Waals surface area contributed by atoms with Crippen molar-refractivity contribution in [1.29, 1.82) is 0 Å². The van der Waals surface area contributed by atoms with Crippen molar-refractivity contribution in [1.82, 2.24) is 0 Å². The van der Waals surface area contributed by atoms with Gasteiger partial charge in [0, 0.05) is 25.0 Å². The van der Waals surface area contributed by atoms with Crippen LogP contribution in [0.3, 0.4) is 0 Å². The number of esters is 2. The van der Waals surface area contributed by atoms with E-state index >= 15 is 0 Å². The van der Waals surface area contributed by atoms with Crippen molar-refractivity contribution in [2.24, 2.45) is 10.8 Å². The molecule has 0 aliphatic heterocycles. The highest BCUT2D eigenvalue weighted by atomic mass is 16.7. The molecule has 2 aromatic rings. The number of methoxy groups -OCH3 is 2. The topological polar surface area (TPSA) is 71.1 Å². The van der Waals surface area contributed by atoms with E-state index in [1.54, 1.807) is 72.7 Å². The molecule has 0 amide bonds. The molecule has 2 rings (SSSR count). The maximum Gasteiger partial charge on any atom is 0.316 e. The summed E-state index contributed by atoms with van der Waals surface area (Å²) in [7, 11) is 3.04. The van der Waals surface area contributed by atoms with Gasteiger partial charge < -0.3 is 18.9 Å². The minimum atomic E-state index is -1.14. The average molecular weight is 417 g/mol. The molecule has 0 bridgehead atoms. The van der Waals surface area contributed by atoms with Crippen molar-refractivity contribution >= 4 is 22.7 Å². The summed E-state index contributed by atoms with van der Waals surface area (Å²) in [4.78, 5) is 25.2. The van der Waals surface area contributed by atoms with Crippen LogP contribution < -0.4 is 9.47 Å². The van der Waals surface area contributed by atoms with Gasteiger partial charge in [-0.2, -0.15) is 0 Å². The summed E-state index contributed by atoms with van der Waals surface area (Å²) in [6, 6.07) is 8.84. The minimum Gasteiger partial charge on any atom is -0.425 e. The van der Waals surface area contributed by atoms with Crippen molar-refractivity contribution in [3.8, 4) is 11.5 Å². The predicted molar refractivity (Wildman–Crippen MR) is 115 cm³/mol. The molecule has 0 heterocycles. The van der Waals surface area contributed by atoms with Gasteiger partial charge in [-0.05, 0) is 66.7 Å². The summed E-state index contributed by atoms with van der Waals surface area (Å²) < 4.78 is 22.7. The number of fused-ring (bicyclic) bond motifs is 1. The van der Waals surface area contributed by atoms with Gasteiger partial charge in [-0.1, -0.05) is 12.1 Å². The van der Waals surface area contributed by atoms with E-state index in [-0.39, 0.29) is 5.97 Å². The fourth-order valence-corrected chi connectivity index (χ4v) is 2.66. The second kappa shape index (κ2) is 8.36. The Morgan fingerprint density at radius 2 is 1.23 bits per heavy atom. The Balaban J connectivity index is 2.74. The first-order valence-corrected chi connectivity index (χ1v) is 9.85. The molecular weight excluding hydrogens is 384 g/mol. The van der Waals surface area contributed by atoms with Crippen LogP contribution in [0.4, 0.5) is 0 Å². The van der Waals surface area contributed by atoms with Gasteiger partial charge in [0.25, 0.3) is 0 Å². The van der Waals surface area contributed by atoms with Gasteiger partial charge in [0.2, 0.25) is 0 Å². The van der Waals surface area contributed by atoms with Gasteiger partial charge in [0.05, 0.1) is 16.4 Å². The highest BCUT2D eigenvalue weighted by Gasteiger charge is 2.34. The van der Waals surface area contributed by atoms with Crippen LogP contribution in [-0.4, -0.2) is 26.2 Å². The number of benzene rings is 2. The Kier molecular flexibility index (Phi) is 6.64.